The molecule has 0 bridgehead atoms. The van der Waals surface area contributed by atoms with Gasteiger partial charge in [-0.15, -0.1) is 0 Å². The molecule has 0 unspecified atom stereocenters. The van der Waals surface area contributed by atoms with E-state index in [1.807, 2.05) is 19.2 Å². The van der Waals surface area contributed by atoms with Gasteiger partial charge >= 0.3 is 5.97 Å². The van der Waals surface area contributed by atoms with Crippen LogP contribution in [0, 0.1) is 0 Å². The van der Waals surface area contributed by atoms with E-state index in [1.165, 1.54) is 7.11 Å². The molecular weight excluding hydrogens is 266 g/mol. The van der Waals surface area contributed by atoms with Crippen LogP contribution in [-0.4, -0.2) is 31.6 Å². The monoisotopic (exact) mass is 279 g/mol. The number of ether oxygens (including phenoxy) is 1. The zero-order valence-corrected chi connectivity index (χ0v) is 11.6. The highest BCUT2D eigenvalue weighted by Crippen LogP contribution is 2.36. The van der Waals surface area contributed by atoms with Gasteiger partial charge in [-0.1, -0.05) is 11.6 Å². The fourth-order valence-corrected chi connectivity index (χ4v) is 2.86. The van der Waals surface area contributed by atoms with Gasteiger partial charge in [0, 0.05) is 29.1 Å². The number of hydrogen-bond donors (Lipinski definition) is 0. The van der Waals surface area contributed by atoms with Gasteiger partial charge in [0.2, 0.25) is 5.76 Å². The lowest BCUT2D eigenvalue weighted by Crippen LogP contribution is -2.19. The largest absolute Gasteiger partial charge is 0.463 e. The molecule has 0 atom stereocenters. The number of rotatable bonds is 1. The minimum Gasteiger partial charge on any atom is -0.463 e. The first-order valence-corrected chi connectivity index (χ1v) is 6.49. The molecule has 1 aromatic carbocycles. The number of likely N-dealkylation sites (N-methyl/N-ethyl adjacent to an activating group) is 1. The van der Waals surface area contributed by atoms with Crippen molar-refractivity contribution in [1.82, 2.24) is 4.90 Å². The Labute approximate surface area is 115 Å². The lowest BCUT2D eigenvalue weighted by Gasteiger charge is -2.13. The third-order valence-corrected chi connectivity index (χ3v) is 3.90. The highest BCUT2D eigenvalue weighted by atomic mass is 35.5. The predicted octanol–water partition coefficient (Wildman–Crippen LogP) is 2.86. The van der Waals surface area contributed by atoms with Crippen molar-refractivity contribution in [2.75, 3.05) is 20.7 Å². The van der Waals surface area contributed by atoms with Gasteiger partial charge in [0.05, 0.1) is 7.11 Å². The molecule has 1 aliphatic rings. The molecule has 0 radical (unpaired) electrons. The van der Waals surface area contributed by atoms with Crippen molar-refractivity contribution in [3.63, 3.8) is 0 Å². The van der Waals surface area contributed by atoms with Crippen molar-refractivity contribution in [3.05, 3.63) is 34.0 Å². The summed E-state index contributed by atoms with van der Waals surface area (Å²) >= 11 is 6.28. The zero-order valence-electron chi connectivity index (χ0n) is 10.8. The number of furan rings is 1. The Morgan fingerprint density at radius 3 is 2.95 bits per heavy atom. The molecule has 5 heteroatoms. The third-order valence-electron chi connectivity index (χ3n) is 3.55. The number of benzene rings is 1. The Bertz CT molecular complexity index is 662. The molecule has 100 valence electrons. The molecule has 0 aliphatic carbocycles. The SMILES string of the molecule is COC(=O)c1oc2ccc(Cl)c3c2c1CN(C)CC3. The van der Waals surface area contributed by atoms with Crippen LogP contribution in [0.4, 0.5) is 0 Å². The molecule has 0 fully saturated rings. The maximum atomic E-state index is 11.8. The first-order valence-electron chi connectivity index (χ1n) is 6.11. The third kappa shape index (κ3) is 1.91. The Balaban J connectivity index is 2.33. The average molecular weight is 280 g/mol. The molecule has 0 amide bonds. The molecule has 3 rings (SSSR count). The second-order valence-electron chi connectivity index (χ2n) is 4.79. The summed E-state index contributed by atoms with van der Waals surface area (Å²) in [5, 5.41) is 1.69. The van der Waals surface area contributed by atoms with E-state index in [0.29, 0.717) is 12.1 Å². The van der Waals surface area contributed by atoms with Gasteiger partial charge in [0.1, 0.15) is 5.58 Å². The summed E-state index contributed by atoms with van der Waals surface area (Å²) in [5.74, 6) is -0.154. The van der Waals surface area contributed by atoms with Crippen molar-refractivity contribution in [3.8, 4) is 0 Å². The smallest absolute Gasteiger partial charge is 0.374 e. The maximum Gasteiger partial charge on any atom is 0.374 e. The number of hydrogen-bond acceptors (Lipinski definition) is 4. The molecule has 0 spiro atoms. The summed E-state index contributed by atoms with van der Waals surface area (Å²) in [6, 6.07) is 3.63. The van der Waals surface area contributed by atoms with Crippen LogP contribution >= 0.6 is 11.6 Å². The Kier molecular flexibility index (Phi) is 2.99. The summed E-state index contributed by atoms with van der Waals surface area (Å²) < 4.78 is 10.5. The molecular formula is C14H14ClNO3. The van der Waals surface area contributed by atoms with Gasteiger partial charge in [0.25, 0.3) is 0 Å². The van der Waals surface area contributed by atoms with Crippen LogP contribution in [0.2, 0.25) is 5.02 Å². The molecule has 1 aromatic heterocycles. The van der Waals surface area contributed by atoms with E-state index < -0.39 is 5.97 Å². The Hall–Kier alpha value is -1.52. The van der Waals surface area contributed by atoms with Crippen molar-refractivity contribution < 1.29 is 13.9 Å². The first kappa shape index (κ1) is 12.5. The van der Waals surface area contributed by atoms with E-state index in [9.17, 15) is 4.79 Å². The van der Waals surface area contributed by atoms with Gasteiger partial charge in [-0.05, 0) is 31.2 Å². The van der Waals surface area contributed by atoms with Crippen LogP contribution < -0.4 is 0 Å². The van der Waals surface area contributed by atoms with Crippen LogP contribution in [0.3, 0.4) is 0 Å². The van der Waals surface area contributed by atoms with Gasteiger partial charge in [0.15, 0.2) is 0 Å². The quantitative estimate of drug-likeness (QED) is 0.753. The van der Waals surface area contributed by atoms with Crippen molar-refractivity contribution in [2.24, 2.45) is 0 Å². The topological polar surface area (TPSA) is 42.7 Å². The molecule has 4 nitrogen and oxygen atoms in total. The van der Waals surface area contributed by atoms with Gasteiger partial charge in [-0.3, -0.25) is 0 Å². The summed E-state index contributed by atoms with van der Waals surface area (Å²) in [5.41, 5.74) is 2.63. The highest BCUT2D eigenvalue weighted by Gasteiger charge is 2.27. The second-order valence-corrected chi connectivity index (χ2v) is 5.20. The predicted molar refractivity (Wildman–Crippen MR) is 72.6 cm³/mol. The van der Waals surface area contributed by atoms with E-state index >= 15 is 0 Å². The minimum atomic E-state index is -0.441. The average Bonchev–Trinajstić information content (AvgIpc) is 2.65. The number of carbonyl (C=O) groups is 1. The molecule has 2 aromatic rings. The fourth-order valence-electron chi connectivity index (χ4n) is 2.61. The van der Waals surface area contributed by atoms with E-state index in [1.54, 1.807) is 0 Å². The lowest BCUT2D eigenvalue weighted by atomic mass is 10.0. The van der Waals surface area contributed by atoms with Crippen LogP contribution in [0.25, 0.3) is 11.0 Å². The van der Waals surface area contributed by atoms with E-state index in [2.05, 4.69) is 4.90 Å². The first-order chi connectivity index (χ1) is 9.11. The van der Waals surface area contributed by atoms with Gasteiger partial charge in [-0.25, -0.2) is 4.79 Å². The number of methoxy groups -OCH3 is 1. The summed E-state index contributed by atoms with van der Waals surface area (Å²) in [7, 11) is 3.37. The van der Waals surface area contributed by atoms with E-state index in [-0.39, 0.29) is 5.76 Å². The standard InChI is InChI=1S/C14H14ClNO3/c1-16-6-5-8-10(15)3-4-11-12(8)9(7-16)13(19-11)14(17)18-2/h3-4H,5-7H2,1-2H3. The van der Waals surface area contributed by atoms with E-state index in [4.69, 9.17) is 20.8 Å². The van der Waals surface area contributed by atoms with Gasteiger partial charge in [-0.2, -0.15) is 0 Å². The lowest BCUT2D eigenvalue weighted by molar-refractivity contribution is 0.0564. The van der Waals surface area contributed by atoms with Crippen LogP contribution in [0.15, 0.2) is 16.5 Å². The highest BCUT2D eigenvalue weighted by molar-refractivity contribution is 6.32. The number of carbonyl (C=O) groups excluding carboxylic acids is 1. The van der Waals surface area contributed by atoms with Crippen molar-refractivity contribution in [2.45, 2.75) is 13.0 Å². The zero-order chi connectivity index (χ0) is 13.6. The van der Waals surface area contributed by atoms with Gasteiger partial charge < -0.3 is 14.1 Å². The fraction of sp³-hybridized carbons (Fsp3) is 0.357. The molecule has 0 N–H and O–H groups in total. The molecule has 2 heterocycles. The van der Waals surface area contributed by atoms with Crippen molar-refractivity contribution in [1.29, 1.82) is 0 Å². The van der Waals surface area contributed by atoms with Crippen LogP contribution in [-0.2, 0) is 17.7 Å². The maximum absolute atomic E-state index is 11.8. The molecule has 1 aliphatic heterocycles. The van der Waals surface area contributed by atoms with Crippen molar-refractivity contribution >= 4 is 28.5 Å². The molecule has 19 heavy (non-hydrogen) atoms. The number of halogens is 1. The molecule has 0 saturated carbocycles. The Morgan fingerprint density at radius 1 is 1.42 bits per heavy atom. The normalized spacial score (nSPS) is 15.5. The minimum absolute atomic E-state index is 0.287. The van der Waals surface area contributed by atoms with Crippen LogP contribution in [0.5, 0.6) is 0 Å². The van der Waals surface area contributed by atoms with Crippen LogP contribution in [0.1, 0.15) is 21.7 Å². The Morgan fingerprint density at radius 2 is 2.21 bits per heavy atom. The van der Waals surface area contributed by atoms with E-state index in [0.717, 1.165) is 34.5 Å². The molecule has 0 saturated heterocycles. The summed E-state index contributed by atoms with van der Waals surface area (Å²) in [4.78, 5) is 14.0. The summed E-state index contributed by atoms with van der Waals surface area (Å²) in [6.45, 7) is 1.55. The summed E-state index contributed by atoms with van der Waals surface area (Å²) in [6.07, 6.45) is 0.847. The second kappa shape index (κ2) is 4.54. The number of nitrogens with zero attached hydrogens (tertiary/aromatic N) is 1. The number of esters is 1.